The van der Waals surface area contributed by atoms with Crippen LogP contribution in [0.4, 0.5) is 5.82 Å². The fourth-order valence-corrected chi connectivity index (χ4v) is 2.55. The van der Waals surface area contributed by atoms with Crippen molar-refractivity contribution in [3.63, 3.8) is 0 Å². The number of aliphatic imine (C=N–C) groups is 1. The van der Waals surface area contributed by atoms with Gasteiger partial charge < -0.3 is 20.7 Å². The minimum Gasteiger partial charge on any atom is -0.497 e. The minimum absolute atomic E-state index is 0. The van der Waals surface area contributed by atoms with Crippen LogP contribution in [0.15, 0.2) is 47.5 Å². The minimum atomic E-state index is -0.101. The number of pyridine rings is 1. The lowest BCUT2D eigenvalue weighted by Crippen LogP contribution is -2.38. The van der Waals surface area contributed by atoms with E-state index in [-0.39, 0.29) is 29.9 Å². The number of anilines is 1. The van der Waals surface area contributed by atoms with Crippen molar-refractivity contribution in [1.29, 1.82) is 0 Å². The zero-order chi connectivity index (χ0) is 20.2. The Morgan fingerprint density at radius 1 is 1.14 bits per heavy atom. The van der Waals surface area contributed by atoms with Crippen molar-refractivity contribution in [1.82, 2.24) is 15.6 Å². The SMILES string of the molecule is CCNC(=NCCC(=O)Nc1cccc(C)n1)NCCc1ccc(OC)cc1.I. The summed E-state index contributed by atoms with van der Waals surface area (Å²) in [6.07, 6.45) is 1.17. The molecular weight excluding hydrogens is 481 g/mol. The summed E-state index contributed by atoms with van der Waals surface area (Å²) in [6, 6.07) is 13.5. The fraction of sp³-hybridized carbons (Fsp3) is 0.381. The molecule has 1 aromatic carbocycles. The van der Waals surface area contributed by atoms with Crippen LogP contribution in [0, 0.1) is 6.92 Å². The van der Waals surface area contributed by atoms with Gasteiger partial charge in [-0.15, -0.1) is 24.0 Å². The van der Waals surface area contributed by atoms with Crippen LogP contribution in [0.2, 0.25) is 0 Å². The predicted octanol–water partition coefficient (Wildman–Crippen LogP) is 3.14. The summed E-state index contributed by atoms with van der Waals surface area (Å²) >= 11 is 0. The van der Waals surface area contributed by atoms with Crippen molar-refractivity contribution < 1.29 is 9.53 Å². The van der Waals surface area contributed by atoms with E-state index in [9.17, 15) is 4.79 Å². The summed E-state index contributed by atoms with van der Waals surface area (Å²) in [5, 5.41) is 9.28. The normalized spacial score (nSPS) is 10.7. The predicted molar refractivity (Wildman–Crippen MR) is 128 cm³/mol. The number of benzene rings is 1. The van der Waals surface area contributed by atoms with Crippen LogP contribution in [0.1, 0.15) is 24.6 Å². The topological polar surface area (TPSA) is 87.6 Å². The van der Waals surface area contributed by atoms with Gasteiger partial charge in [0.15, 0.2) is 5.96 Å². The molecule has 29 heavy (non-hydrogen) atoms. The highest BCUT2D eigenvalue weighted by Gasteiger charge is 2.04. The molecule has 0 unspecified atom stereocenters. The first-order valence-corrected chi connectivity index (χ1v) is 9.49. The van der Waals surface area contributed by atoms with Crippen molar-refractivity contribution in [2.75, 3.05) is 32.1 Å². The Bertz CT molecular complexity index is 781. The molecule has 0 atom stereocenters. The molecule has 0 aliphatic rings. The molecule has 1 heterocycles. The van der Waals surface area contributed by atoms with Crippen molar-refractivity contribution in [2.24, 2.45) is 4.99 Å². The van der Waals surface area contributed by atoms with E-state index in [1.807, 2.05) is 50.2 Å². The first-order chi connectivity index (χ1) is 13.6. The first kappa shape index (κ1) is 24.7. The Morgan fingerprint density at radius 3 is 2.55 bits per heavy atom. The lowest BCUT2D eigenvalue weighted by atomic mass is 10.1. The molecule has 2 rings (SSSR count). The molecule has 0 radical (unpaired) electrons. The van der Waals surface area contributed by atoms with Crippen LogP contribution >= 0.6 is 24.0 Å². The highest BCUT2D eigenvalue weighted by atomic mass is 127. The molecular formula is C21H30IN5O2. The number of aryl methyl sites for hydroxylation is 1. The number of ether oxygens (including phenoxy) is 1. The van der Waals surface area contributed by atoms with E-state index in [0.29, 0.717) is 24.7 Å². The summed E-state index contributed by atoms with van der Waals surface area (Å²) in [7, 11) is 1.66. The zero-order valence-electron chi connectivity index (χ0n) is 17.2. The molecule has 0 spiro atoms. The molecule has 2 aromatic rings. The van der Waals surface area contributed by atoms with Gasteiger partial charge in [-0.2, -0.15) is 0 Å². The maximum atomic E-state index is 12.0. The van der Waals surface area contributed by atoms with Crippen molar-refractivity contribution in [2.45, 2.75) is 26.7 Å². The molecule has 0 aliphatic heterocycles. The molecule has 1 aromatic heterocycles. The van der Waals surface area contributed by atoms with Gasteiger partial charge >= 0.3 is 0 Å². The molecule has 3 N–H and O–H groups in total. The van der Waals surface area contributed by atoms with E-state index >= 15 is 0 Å². The van der Waals surface area contributed by atoms with Crippen molar-refractivity contribution in [3.8, 4) is 5.75 Å². The first-order valence-electron chi connectivity index (χ1n) is 9.49. The molecule has 0 saturated heterocycles. The number of amides is 1. The van der Waals surface area contributed by atoms with Crippen LogP contribution in [0.5, 0.6) is 5.75 Å². The third-order valence-corrected chi connectivity index (χ3v) is 3.97. The van der Waals surface area contributed by atoms with E-state index in [4.69, 9.17) is 4.74 Å². The van der Waals surface area contributed by atoms with Gasteiger partial charge in [-0.25, -0.2) is 4.98 Å². The van der Waals surface area contributed by atoms with Gasteiger partial charge in [-0.05, 0) is 50.1 Å². The number of nitrogens with one attached hydrogen (secondary N) is 3. The molecule has 0 aliphatic carbocycles. The lowest BCUT2D eigenvalue weighted by Gasteiger charge is -2.11. The monoisotopic (exact) mass is 511 g/mol. The number of methoxy groups -OCH3 is 1. The average molecular weight is 511 g/mol. The van der Waals surface area contributed by atoms with E-state index in [1.54, 1.807) is 13.2 Å². The zero-order valence-corrected chi connectivity index (χ0v) is 19.5. The Balaban J connectivity index is 0.00000420. The third-order valence-electron chi connectivity index (χ3n) is 3.97. The quantitative estimate of drug-likeness (QED) is 0.274. The van der Waals surface area contributed by atoms with Crippen LogP contribution in [0.3, 0.4) is 0 Å². The fourth-order valence-electron chi connectivity index (χ4n) is 2.55. The smallest absolute Gasteiger partial charge is 0.227 e. The number of halogens is 1. The van der Waals surface area contributed by atoms with Gasteiger partial charge in [0.2, 0.25) is 5.91 Å². The highest BCUT2D eigenvalue weighted by Crippen LogP contribution is 2.11. The van der Waals surface area contributed by atoms with Crippen LogP contribution in [-0.2, 0) is 11.2 Å². The number of aromatic nitrogens is 1. The number of nitrogens with zero attached hydrogens (tertiary/aromatic N) is 2. The summed E-state index contributed by atoms with van der Waals surface area (Å²) < 4.78 is 5.17. The van der Waals surface area contributed by atoms with Crippen LogP contribution in [0.25, 0.3) is 0 Å². The van der Waals surface area contributed by atoms with Gasteiger partial charge in [-0.3, -0.25) is 9.79 Å². The van der Waals surface area contributed by atoms with Gasteiger partial charge in [0, 0.05) is 25.2 Å². The summed E-state index contributed by atoms with van der Waals surface area (Å²) in [5.74, 6) is 2.03. The maximum absolute atomic E-state index is 12.0. The third kappa shape index (κ3) is 9.60. The van der Waals surface area contributed by atoms with E-state index in [1.165, 1.54) is 5.56 Å². The number of hydrogen-bond acceptors (Lipinski definition) is 4. The number of carbonyl (C=O) groups excluding carboxylic acids is 1. The second-order valence-electron chi connectivity index (χ2n) is 6.25. The standard InChI is InChI=1S/C21H29N5O2.HI/c1-4-22-21(23-14-12-17-8-10-18(28-3)11-9-17)24-15-13-20(27)26-19-7-5-6-16(2)25-19;/h5-11H,4,12-15H2,1-3H3,(H2,22,23,24)(H,25,26,27);1H. The Morgan fingerprint density at radius 2 is 1.90 bits per heavy atom. The second-order valence-corrected chi connectivity index (χ2v) is 6.25. The molecule has 7 nitrogen and oxygen atoms in total. The summed E-state index contributed by atoms with van der Waals surface area (Å²) in [4.78, 5) is 20.8. The molecule has 0 fully saturated rings. The van der Waals surface area contributed by atoms with E-state index in [2.05, 4.69) is 25.9 Å². The average Bonchev–Trinajstić information content (AvgIpc) is 2.68. The van der Waals surface area contributed by atoms with Crippen molar-refractivity contribution >= 4 is 41.7 Å². The molecule has 8 heteroatoms. The lowest BCUT2D eigenvalue weighted by molar-refractivity contribution is -0.116. The van der Waals surface area contributed by atoms with Crippen molar-refractivity contribution in [3.05, 3.63) is 53.7 Å². The number of carbonyl (C=O) groups is 1. The number of guanidine groups is 1. The maximum Gasteiger partial charge on any atom is 0.227 e. The summed E-state index contributed by atoms with van der Waals surface area (Å²) in [5.41, 5.74) is 2.08. The van der Waals surface area contributed by atoms with Gasteiger partial charge in [0.1, 0.15) is 11.6 Å². The molecule has 1 amide bonds. The Labute approximate surface area is 189 Å². The second kappa shape index (κ2) is 13.8. The van der Waals surface area contributed by atoms with E-state index < -0.39 is 0 Å². The Kier molecular flexibility index (Phi) is 11.7. The van der Waals surface area contributed by atoms with Gasteiger partial charge in [-0.1, -0.05) is 18.2 Å². The van der Waals surface area contributed by atoms with E-state index in [0.717, 1.165) is 31.0 Å². The van der Waals surface area contributed by atoms with Crippen LogP contribution < -0.4 is 20.7 Å². The molecule has 0 saturated carbocycles. The van der Waals surface area contributed by atoms with Gasteiger partial charge in [0.25, 0.3) is 0 Å². The highest BCUT2D eigenvalue weighted by molar-refractivity contribution is 14.0. The largest absolute Gasteiger partial charge is 0.497 e. The Hall–Kier alpha value is -2.36. The summed E-state index contributed by atoms with van der Waals surface area (Å²) in [6.45, 7) is 5.80. The van der Waals surface area contributed by atoms with Crippen LogP contribution in [-0.4, -0.2) is 43.6 Å². The molecule has 0 bridgehead atoms. The van der Waals surface area contributed by atoms with Gasteiger partial charge in [0.05, 0.1) is 13.7 Å². The number of hydrogen-bond donors (Lipinski definition) is 3. The molecule has 158 valence electrons. The number of rotatable bonds is 9.